The van der Waals surface area contributed by atoms with E-state index >= 15 is 0 Å². The Balaban J connectivity index is 3.44. The molecule has 0 N–H and O–H groups in total. The molecular weight excluding hydrogens is 282 g/mol. The second kappa shape index (κ2) is 15.7. The Labute approximate surface area is 134 Å². The first-order chi connectivity index (χ1) is 10.2. The first-order valence-corrected chi connectivity index (χ1v) is 9.37. The van der Waals surface area contributed by atoms with Crippen molar-refractivity contribution in [2.75, 3.05) is 5.75 Å². The maximum Gasteiger partial charge on any atom is 0.302 e. The van der Waals surface area contributed by atoms with E-state index in [4.69, 9.17) is 10.00 Å². The number of hydrogen-bond acceptors (Lipinski definition) is 4. The van der Waals surface area contributed by atoms with Crippen molar-refractivity contribution in [1.82, 2.24) is 0 Å². The minimum atomic E-state index is -0.245. The van der Waals surface area contributed by atoms with Crippen molar-refractivity contribution in [3.63, 3.8) is 0 Å². The molecule has 0 aliphatic carbocycles. The molecule has 0 saturated heterocycles. The van der Waals surface area contributed by atoms with Crippen molar-refractivity contribution in [1.29, 1.82) is 5.26 Å². The smallest absolute Gasteiger partial charge is 0.302 e. The summed E-state index contributed by atoms with van der Waals surface area (Å²) in [7, 11) is 0. The lowest BCUT2D eigenvalue weighted by atomic mass is 10.0. The Kier molecular flexibility index (Phi) is 15.2. The van der Waals surface area contributed by atoms with Crippen LogP contribution in [0.2, 0.25) is 0 Å². The summed E-state index contributed by atoms with van der Waals surface area (Å²) in [5.41, 5.74) is 0. The van der Waals surface area contributed by atoms with Gasteiger partial charge in [0.05, 0.1) is 0 Å². The van der Waals surface area contributed by atoms with Crippen molar-refractivity contribution < 1.29 is 9.53 Å². The van der Waals surface area contributed by atoms with Crippen LogP contribution in [0.4, 0.5) is 0 Å². The van der Waals surface area contributed by atoms with E-state index in [1.54, 1.807) is 0 Å². The minimum Gasteiger partial charge on any atom is -0.462 e. The molecule has 0 saturated carbocycles. The van der Waals surface area contributed by atoms with Gasteiger partial charge in [0.1, 0.15) is 11.5 Å². The van der Waals surface area contributed by atoms with Gasteiger partial charge < -0.3 is 4.74 Å². The fraction of sp³-hybridized carbons (Fsp3) is 0.882. The summed E-state index contributed by atoms with van der Waals surface area (Å²) in [6.07, 6.45) is 13.8. The monoisotopic (exact) mass is 313 g/mol. The third-order valence-corrected chi connectivity index (χ3v) is 4.21. The van der Waals surface area contributed by atoms with Crippen LogP contribution in [0.15, 0.2) is 0 Å². The zero-order valence-corrected chi connectivity index (χ0v) is 14.6. The molecule has 0 amide bonds. The molecule has 0 rings (SSSR count). The van der Waals surface area contributed by atoms with Crippen molar-refractivity contribution in [2.24, 2.45) is 0 Å². The number of hydrogen-bond donors (Lipinski definition) is 0. The van der Waals surface area contributed by atoms with Crippen LogP contribution in [0.1, 0.15) is 84.5 Å². The molecule has 0 aromatic heterocycles. The zero-order chi connectivity index (χ0) is 15.8. The standard InChI is InChI=1S/C17H31NO2S/c1-3-4-5-6-7-8-9-10-11-12-13-17(14-21-15-18)20-16(2)19/h17H,3-14H2,1-2H3. The number of nitrogens with zero attached hydrogens (tertiary/aromatic N) is 1. The van der Waals surface area contributed by atoms with Crippen molar-refractivity contribution in [3.8, 4) is 5.40 Å². The summed E-state index contributed by atoms with van der Waals surface area (Å²) >= 11 is 1.17. The highest BCUT2D eigenvalue weighted by Crippen LogP contribution is 2.15. The number of ether oxygens (including phenoxy) is 1. The highest BCUT2D eigenvalue weighted by atomic mass is 32.2. The van der Waals surface area contributed by atoms with E-state index in [2.05, 4.69) is 6.92 Å². The van der Waals surface area contributed by atoms with Gasteiger partial charge in [-0.3, -0.25) is 4.79 Å². The Morgan fingerprint density at radius 1 is 1.05 bits per heavy atom. The van der Waals surface area contributed by atoms with Crippen molar-refractivity contribution in [3.05, 3.63) is 0 Å². The van der Waals surface area contributed by atoms with E-state index in [0.29, 0.717) is 5.75 Å². The van der Waals surface area contributed by atoms with E-state index in [1.807, 2.05) is 5.40 Å². The van der Waals surface area contributed by atoms with E-state index < -0.39 is 0 Å². The van der Waals surface area contributed by atoms with Crippen LogP contribution in [0.5, 0.6) is 0 Å². The SMILES string of the molecule is CCCCCCCCCCCCC(CSC#N)OC(C)=O. The normalized spacial score (nSPS) is 11.9. The quantitative estimate of drug-likeness (QED) is 0.243. The topological polar surface area (TPSA) is 50.1 Å². The third kappa shape index (κ3) is 15.5. The molecule has 0 fully saturated rings. The predicted octanol–water partition coefficient (Wildman–Crippen LogP) is 5.44. The highest BCUT2D eigenvalue weighted by Gasteiger charge is 2.11. The van der Waals surface area contributed by atoms with Gasteiger partial charge in [0.25, 0.3) is 0 Å². The zero-order valence-electron chi connectivity index (χ0n) is 13.7. The van der Waals surface area contributed by atoms with E-state index in [-0.39, 0.29) is 12.1 Å². The van der Waals surface area contributed by atoms with Crippen molar-refractivity contribution >= 4 is 17.7 Å². The van der Waals surface area contributed by atoms with E-state index in [1.165, 1.54) is 76.5 Å². The molecule has 0 heterocycles. The van der Waals surface area contributed by atoms with Crippen LogP contribution >= 0.6 is 11.8 Å². The number of rotatable bonds is 14. The van der Waals surface area contributed by atoms with Gasteiger partial charge in [-0.1, -0.05) is 64.7 Å². The lowest BCUT2D eigenvalue weighted by Crippen LogP contribution is -2.18. The second-order valence-electron chi connectivity index (χ2n) is 5.60. The Morgan fingerprint density at radius 3 is 2.05 bits per heavy atom. The molecule has 1 unspecified atom stereocenters. The number of unbranched alkanes of at least 4 members (excludes halogenated alkanes) is 9. The Hall–Kier alpha value is -0.690. The molecule has 0 aliphatic heterocycles. The number of nitriles is 1. The molecule has 3 nitrogen and oxygen atoms in total. The molecule has 4 heteroatoms. The molecule has 0 bridgehead atoms. The first kappa shape index (κ1) is 20.3. The minimum absolute atomic E-state index is 0.0961. The van der Waals surface area contributed by atoms with Crippen LogP contribution in [-0.2, 0) is 9.53 Å². The maximum atomic E-state index is 11.0. The summed E-state index contributed by atoms with van der Waals surface area (Å²) in [4.78, 5) is 11.0. The summed E-state index contributed by atoms with van der Waals surface area (Å²) in [5.74, 6) is 0.346. The van der Waals surface area contributed by atoms with Gasteiger partial charge in [-0.2, -0.15) is 5.26 Å². The van der Waals surface area contributed by atoms with Crippen LogP contribution in [-0.4, -0.2) is 17.8 Å². The third-order valence-electron chi connectivity index (χ3n) is 3.55. The molecule has 21 heavy (non-hydrogen) atoms. The van der Waals surface area contributed by atoms with Crippen LogP contribution < -0.4 is 0 Å². The number of thiocyanates is 1. The van der Waals surface area contributed by atoms with Gasteiger partial charge in [0.2, 0.25) is 0 Å². The first-order valence-electron chi connectivity index (χ1n) is 8.38. The van der Waals surface area contributed by atoms with Gasteiger partial charge in [-0.15, -0.1) is 0 Å². The molecule has 0 aromatic rings. The van der Waals surface area contributed by atoms with Crippen LogP contribution in [0.3, 0.4) is 0 Å². The van der Waals surface area contributed by atoms with Gasteiger partial charge in [0, 0.05) is 12.7 Å². The molecule has 0 aromatic carbocycles. The van der Waals surface area contributed by atoms with Gasteiger partial charge in [-0.05, 0) is 24.6 Å². The summed E-state index contributed by atoms with van der Waals surface area (Å²) in [5, 5.41) is 10.6. The number of carbonyl (C=O) groups excluding carboxylic acids is 1. The molecular formula is C17H31NO2S. The summed E-state index contributed by atoms with van der Waals surface area (Å²) < 4.78 is 5.22. The molecule has 0 spiro atoms. The fourth-order valence-corrected chi connectivity index (χ4v) is 2.90. The van der Waals surface area contributed by atoms with Gasteiger partial charge in [-0.25, -0.2) is 0 Å². The highest BCUT2D eigenvalue weighted by molar-refractivity contribution is 8.03. The molecule has 0 radical (unpaired) electrons. The largest absolute Gasteiger partial charge is 0.462 e. The lowest BCUT2D eigenvalue weighted by Gasteiger charge is -2.14. The van der Waals surface area contributed by atoms with Gasteiger partial charge in [0.15, 0.2) is 0 Å². The average Bonchev–Trinajstić information content (AvgIpc) is 2.46. The number of esters is 1. The maximum absolute atomic E-state index is 11.0. The Morgan fingerprint density at radius 2 is 1.57 bits per heavy atom. The van der Waals surface area contributed by atoms with E-state index in [9.17, 15) is 4.79 Å². The average molecular weight is 314 g/mol. The predicted molar refractivity (Wildman–Crippen MR) is 90.1 cm³/mol. The molecule has 122 valence electrons. The summed E-state index contributed by atoms with van der Waals surface area (Å²) in [6, 6.07) is 0. The summed E-state index contributed by atoms with van der Waals surface area (Å²) in [6.45, 7) is 3.68. The van der Waals surface area contributed by atoms with E-state index in [0.717, 1.165) is 12.8 Å². The van der Waals surface area contributed by atoms with Gasteiger partial charge >= 0.3 is 5.97 Å². The number of thioether (sulfide) groups is 1. The van der Waals surface area contributed by atoms with Crippen LogP contribution in [0.25, 0.3) is 0 Å². The Bertz CT molecular complexity index is 289. The molecule has 0 aliphatic rings. The van der Waals surface area contributed by atoms with Crippen molar-refractivity contribution in [2.45, 2.75) is 90.6 Å². The second-order valence-corrected chi connectivity index (χ2v) is 6.41. The number of carbonyl (C=O) groups is 1. The van der Waals surface area contributed by atoms with Crippen LogP contribution in [0, 0.1) is 10.7 Å². The molecule has 1 atom stereocenters. The fourth-order valence-electron chi connectivity index (χ4n) is 2.40. The lowest BCUT2D eigenvalue weighted by molar-refractivity contribution is -0.145.